The van der Waals surface area contributed by atoms with Crippen molar-refractivity contribution >= 4 is 29.1 Å². The van der Waals surface area contributed by atoms with Gasteiger partial charge in [0, 0.05) is 16.3 Å². The Bertz CT molecular complexity index is 1240. The summed E-state index contributed by atoms with van der Waals surface area (Å²) in [4.78, 5) is 16.2. The van der Waals surface area contributed by atoms with Crippen molar-refractivity contribution in [3.63, 3.8) is 0 Å². The molecule has 1 heterocycles. The molecule has 0 fully saturated rings. The van der Waals surface area contributed by atoms with E-state index in [1.165, 1.54) is 12.1 Å². The molecule has 0 aliphatic heterocycles. The zero-order valence-corrected chi connectivity index (χ0v) is 22.0. The van der Waals surface area contributed by atoms with E-state index < -0.39 is 17.7 Å². The van der Waals surface area contributed by atoms with Gasteiger partial charge >= 0.3 is 12.1 Å². The summed E-state index contributed by atoms with van der Waals surface area (Å²) in [5.41, 5.74) is 3.48. The van der Waals surface area contributed by atoms with Gasteiger partial charge in [0.05, 0.1) is 12.2 Å². The van der Waals surface area contributed by atoms with Crippen LogP contribution < -0.4 is 5.32 Å². The predicted molar refractivity (Wildman–Crippen MR) is 144 cm³/mol. The second-order valence-electron chi connectivity index (χ2n) is 7.87. The summed E-state index contributed by atoms with van der Waals surface area (Å²) >= 11 is 6.15. The van der Waals surface area contributed by atoms with Gasteiger partial charge in [0.1, 0.15) is 5.82 Å². The number of esters is 1. The van der Waals surface area contributed by atoms with Gasteiger partial charge in [-0.15, -0.1) is 0 Å². The molecule has 0 aliphatic rings. The number of carbonyl (C=O) groups excluding carboxylic acids is 1. The molecular weight excluding hydrogens is 501 g/mol. The third kappa shape index (κ3) is 9.42. The van der Waals surface area contributed by atoms with Crippen molar-refractivity contribution in [3.05, 3.63) is 112 Å². The average molecular weight is 531 g/mol. The van der Waals surface area contributed by atoms with E-state index in [-0.39, 0.29) is 5.69 Å². The molecule has 3 aromatic rings. The predicted octanol–water partition coefficient (Wildman–Crippen LogP) is 8.52. The molecule has 37 heavy (non-hydrogen) atoms. The quantitative estimate of drug-likeness (QED) is 0.246. The molecule has 0 saturated carbocycles. The van der Waals surface area contributed by atoms with E-state index in [4.69, 9.17) is 16.3 Å². The van der Waals surface area contributed by atoms with Crippen molar-refractivity contribution in [1.29, 1.82) is 0 Å². The van der Waals surface area contributed by atoms with Gasteiger partial charge in [0.15, 0.2) is 5.69 Å². The minimum absolute atomic E-state index is 0.264. The lowest BCUT2D eigenvalue weighted by molar-refractivity contribution is -0.137. The molecule has 0 atom stereocenters. The number of hydrogen-bond acceptors (Lipinski definition) is 4. The lowest BCUT2D eigenvalue weighted by Crippen LogP contribution is -2.09. The number of ether oxygens (including phenoxy) is 1. The summed E-state index contributed by atoms with van der Waals surface area (Å²) in [7, 11) is 0. The average Bonchev–Trinajstić information content (AvgIpc) is 2.88. The maximum absolute atomic E-state index is 12.0. The number of aryl methyl sites for hydroxylation is 2. The smallest absolute Gasteiger partial charge is 0.416 e. The van der Waals surface area contributed by atoms with Crippen LogP contribution in [0.25, 0.3) is 5.70 Å². The van der Waals surface area contributed by atoms with Crippen LogP contribution in [0.1, 0.15) is 53.5 Å². The molecule has 0 saturated heterocycles. The fraction of sp³-hybridized carbons (Fsp3) is 0.241. The summed E-state index contributed by atoms with van der Waals surface area (Å²) < 4.78 is 41.1. The first kappa shape index (κ1) is 29.6. The topological polar surface area (TPSA) is 51.2 Å². The molecule has 1 N–H and O–H groups in total. The zero-order chi connectivity index (χ0) is 27.4. The van der Waals surface area contributed by atoms with Crippen molar-refractivity contribution in [1.82, 2.24) is 4.98 Å². The summed E-state index contributed by atoms with van der Waals surface area (Å²) in [6, 6.07) is 16.1. The number of hydrogen-bond donors (Lipinski definition) is 1. The number of allylic oxidation sites excluding steroid dienone is 3. The highest BCUT2D eigenvalue weighted by Crippen LogP contribution is 2.29. The monoisotopic (exact) mass is 530 g/mol. The molecule has 0 unspecified atom stereocenters. The summed E-state index contributed by atoms with van der Waals surface area (Å²) in [6.45, 7) is 7.94. The summed E-state index contributed by atoms with van der Waals surface area (Å²) in [6.07, 6.45) is 2.35. The van der Waals surface area contributed by atoms with Crippen molar-refractivity contribution in [2.45, 2.75) is 40.3 Å². The van der Waals surface area contributed by atoms with Crippen molar-refractivity contribution in [2.24, 2.45) is 0 Å². The molecular formula is C29H30ClF3N2O2. The maximum atomic E-state index is 12.0. The molecule has 0 radical (unpaired) electrons. The Balaban J connectivity index is 0.000000335. The SMILES string of the molecule is C/C=C/C=C(\Nc1cccc(C(=O)OCC)n1)c1cc(Cl)ccc1C.CCc1ccc(C(F)(F)F)cc1. The van der Waals surface area contributed by atoms with Gasteiger partial charge in [-0.1, -0.05) is 54.9 Å². The minimum Gasteiger partial charge on any atom is -0.461 e. The van der Waals surface area contributed by atoms with Crippen molar-refractivity contribution < 1.29 is 22.7 Å². The van der Waals surface area contributed by atoms with E-state index in [0.29, 0.717) is 17.4 Å². The molecule has 0 amide bonds. The molecule has 0 aliphatic carbocycles. The Hall–Kier alpha value is -3.58. The number of benzene rings is 2. The Morgan fingerprint density at radius 2 is 1.78 bits per heavy atom. The third-order valence-electron chi connectivity index (χ3n) is 5.13. The summed E-state index contributed by atoms with van der Waals surface area (Å²) in [5, 5.41) is 3.92. The Morgan fingerprint density at radius 3 is 2.38 bits per heavy atom. The van der Waals surface area contributed by atoms with Gasteiger partial charge in [-0.2, -0.15) is 13.2 Å². The molecule has 3 rings (SSSR count). The highest BCUT2D eigenvalue weighted by atomic mass is 35.5. The standard InChI is InChI=1S/C20H21ClN2O2.C9H9F3/c1-4-6-8-17(16-13-15(21)12-11-14(16)3)22-19-10-7-9-18(23-19)20(24)25-5-2;1-2-7-3-5-8(6-4-7)9(10,11)12/h4,6-13H,5H2,1-3H3,(H,22,23);3-6H,2H2,1H3/b6-4+,17-8-;. The van der Waals surface area contributed by atoms with E-state index in [2.05, 4.69) is 10.3 Å². The fourth-order valence-electron chi connectivity index (χ4n) is 3.17. The molecule has 1 aromatic heterocycles. The molecule has 0 bridgehead atoms. The maximum Gasteiger partial charge on any atom is 0.416 e. The molecule has 0 spiro atoms. The second-order valence-corrected chi connectivity index (χ2v) is 8.30. The van der Waals surface area contributed by atoms with Crippen LogP contribution in [0.5, 0.6) is 0 Å². The first-order chi connectivity index (χ1) is 17.6. The van der Waals surface area contributed by atoms with Crippen LogP contribution in [0.15, 0.2) is 78.9 Å². The number of halogens is 4. The van der Waals surface area contributed by atoms with Crippen LogP contribution in [0.3, 0.4) is 0 Å². The Morgan fingerprint density at radius 1 is 1.08 bits per heavy atom. The third-order valence-corrected chi connectivity index (χ3v) is 5.37. The largest absolute Gasteiger partial charge is 0.461 e. The van der Waals surface area contributed by atoms with Crippen LogP contribution in [-0.2, 0) is 17.3 Å². The Labute approximate surface area is 220 Å². The summed E-state index contributed by atoms with van der Waals surface area (Å²) in [5.74, 6) is 0.116. The molecule has 196 valence electrons. The van der Waals surface area contributed by atoms with E-state index in [1.807, 2.05) is 57.2 Å². The highest BCUT2D eigenvalue weighted by molar-refractivity contribution is 6.30. The van der Waals surface area contributed by atoms with E-state index in [1.54, 1.807) is 25.1 Å². The molecule has 4 nitrogen and oxygen atoms in total. The van der Waals surface area contributed by atoms with Gasteiger partial charge in [0.25, 0.3) is 0 Å². The number of nitrogens with one attached hydrogen (secondary N) is 1. The van der Waals surface area contributed by atoms with Gasteiger partial charge in [-0.25, -0.2) is 9.78 Å². The van der Waals surface area contributed by atoms with E-state index in [0.717, 1.165) is 40.9 Å². The lowest BCUT2D eigenvalue weighted by atomic mass is 10.1. The van der Waals surface area contributed by atoms with Gasteiger partial charge in [-0.3, -0.25) is 0 Å². The molecule has 8 heteroatoms. The van der Waals surface area contributed by atoms with Crippen LogP contribution in [0.2, 0.25) is 5.02 Å². The van der Waals surface area contributed by atoms with Crippen LogP contribution >= 0.6 is 11.6 Å². The van der Waals surface area contributed by atoms with Crippen molar-refractivity contribution in [3.8, 4) is 0 Å². The number of alkyl halides is 3. The number of pyridine rings is 1. The van der Waals surface area contributed by atoms with Gasteiger partial charge in [-0.05, 0) is 80.8 Å². The van der Waals surface area contributed by atoms with Crippen LogP contribution in [0.4, 0.5) is 19.0 Å². The highest BCUT2D eigenvalue weighted by Gasteiger charge is 2.29. The first-order valence-corrected chi connectivity index (χ1v) is 12.1. The Kier molecular flexibility index (Phi) is 11.4. The van der Waals surface area contributed by atoms with E-state index in [9.17, 15) is 18.0 Å². The number of anilines is 1. The van der Waals surface area contributed by atoms with E-state index >= 15 is 0 Å². The van der Waals surface area contributed by atoms with Crippen molar-refractivity contribution in [2.75, 3.05) is 11.9 Å². The number of carbonyl (C=O) groups is 1. The van der Waals surface area contributed by atoms with Gasteiger partial charge < -0.3 is 10.1 Å². The van der Waals surface area contributed by atoms with Crippen LogP contribution in [0, 0.1) is 6.92 Å². The second kappa shape index (κ2) is 14.2. The van der Waals surface area contributed by atoms with Crippen LogP contribution in [-0.4, -0.2) is 17.6 Å². The number of nitrogens with zero attached hydrogens (tertiary/aromatic N) is 1. The lowest BCUT2D eigenvalue weighted by Gasteiger charge is -2.14. The normalized spacial score (nSPS) is 11.6. The fourth-order valence-corrected chi connectivity index (χ4v) is 3.34. The first-order valence-electron chi connectivity index (χ1n) is 11.8. The number of aromatic nitrogens is 1. The zero-order valence-electron chi connectivity index (χ0n) is 21.2. The van der Waals surface area contributed by atoms with Gasteiger partial charge in [0.2, 0.25) is 0 Å². The minimum atomic E-state index is -4.22. The molecule has 2 aromatic carbocycles. The number of rotatable bonds is 7.